The number of nitrogens with two attached hydrogens (primary N) is 1. The number of nitrogens with zero attached hydrogens (tertiary/aromatic N) is 1. The van der Waals surface area contributed by atoms with Crippen molar-refractivity contribution in [1.82, 2.24) is 10.3 Å². The fraction of sp³-hybridized carbons (Fsp3) is 0.438. The summed E-state index contributed by atoms with van der Waals surface area (Å²) in [7, 11) is 0. The molecule has 0 atom stereocenters. The molecule has 1 saturated carbocycles. The zero-order valence-electron chi connectivity index (χ0n) is 12.1. The van der Waals surface area contributed by atoms with Gasteiger partial charge in [-0.05, 0) is 48.4 Å². The van der Waals surface area contributed by atoms with Crippen molar-refractivity contribution in [3.63, 3.8) is 0 Å². The molecule has 5 heteroatoms. The molecule has 4 nitrogen and oxygen atoms in total. The Morgan fingerprint density at radius 3 is 2.90 bits per heavy atom. The van der Waals surface area contributed by atoms with Gasteiger partial charge in [-0.25, -0.2) is 0 Å². The predicted molar refractivity (Wildman–Crippen MR) is 99.3 cm³/mol. The van der Waals surface area contributed by atoms with E-state index in [1.54, 1.807) is 0 Å². The second-order valence-corrected chi connectivity index (χ2v) is 5.54. The molecule has 4 N–H and O–H groups in total. The van der Waals surface area contributed by atoms with E-state index in [0.717, 1.165) is 13.0 Å². The Balaban J connectivity index is 0.00000161. The summed E-state index contributed by atoms with van der Waals surface area (Å²) in [6.45, 7) is 0.738. The van der Waals surface area contributed by atoms with Gasteiger partial charge in [0.1, 0.15) is 0 Å². The lowest BCUT2D eigenvalue weighted by Crippen LogP contribution is -2.38. The standard InChI is InChI=1S/C16H22N4.HI/c17-16(20-14-3-1-2-4-14)19-9-7-12-5-6-15-13(11-12)8-10-18-15;/h5-6,8,10-11,14,18H,1-4,7,9H2,(H3,17,19,20);1H. The van der Waals surface area contributed by atoms with Gasteiger partial charge in [-0.1, -0.05) is 18.9 Å². The van der Waals surface area contributed by atoms with Gasteiger partial charge >= 0.3 is 0 Å². The van der Waals surface area contributed by atoms with Gasteiger partial charge in [0.2, 0.25) is 0 Å². The zero-order valence-corrected chi connectivity index (χ0v) is 14.5. The van der Waals surface area contributed by atoms with Gasteiger partial charge in [0.15, 0.2) is 5.96 Å². The Bertz CT molecular complexity index is 599. The Kier molecular flexibility index (Phi) is 5.90. The Morgan fingerprint density at radius 1 is 1.29 bits per heavy atom. The average Bonchev–Trinajstić information content (AvgIpc) is 3.09. The number of halogens is 1. The summed E-state index contributed by atoms with van der Waals surface area (Å²) in [5.41, 5.74) is 8.41. The molecule has 0 radical (unpaired) electrons. The normalized spacial score (nSPS) is 16.1. The second-order valence-electron chi connectivity index (χ2n) is 5.54. The third kappa shape index (κ3) is 4.36. The van der Waals surface area contributed by atoms with Crippen molar-refractivity contribution in [2.45, 2.75) is 38.1 Å². The van der Waals surface area contributed by atoms with Crippen molar-refractivity contribution in [1.29, 1.82) is 0 Å². The van der Waals surface area contributed by atoms with Crippen LogP contribution in [0.2, 0.25) is 0 Å². The van der Waals surface area contributed by atoms with Gasteiger partial charge in [0, 0.05) is 24.3 Å². The van der Waals surface area contributed by atoms with Crippen LogP contribution in [0.15, 0.2) is 35.5 Å². The molecular formula is C16H23IN4. The first kappa shape index (κ1) is 16.1. The van der Waals surface area contributed by atoms with Crippen LogP contribution in [0.4, 0.5) is 0 Å². The number of hydrogen-bond donors (Lipinski definition) is 3. The van der Waals surface area contributed by atoms with Crippen molar-refractivity contribution >= 4 is 40.8 Å². The van der Waals surface area contributed by atoms with Crippen LogP contribution in [0.3, 0.4) is 0 Å². The van der Waals surface area contributed by atoms with Crippen molar-refractivity contribution in [3.8, 4) is 0 Å². The molecule has 1 fully saturated rings. The summed E-state index contributed by atoms with van der Waals surface area (Å²) in [6, 6.07) is 9.11. The molecule has 21 heavy (non-hydrogen) atoms. The molecule has 0 bridgehead atoms. The Labute approximate surface area is 142 Å². The number of hydrogen-bond acceptors (Lipinski definition) is 1. The number of aromatic amines is 1. The molecular weight excluding hydrogens is 375 g/mol. The van der Waals surface area contributed by atoms with Gasteiger partial charge in [-0.3, -0.25) is 4.99 Å². The van der Waals surface area contributed by atoms with Crippen LogP contribution >= 0.6 is 24.0 Å². The maximum atomic E-state index is 5.93. The van der Waals surface area contributed by atoms with E-state index in [0.29, 0.717) is 12.0 Å². The molecule has 3 rings (SSSR count). The quantitative estimate of drug-likeness (QED) is 0.421. The maximum Gasteiger partial charge on any atom is 0.188 e. The van der Waals surface area contributed by atoms with E-state index >= 15 is 0 Å². The molecule has 1 aliphatic rings. The average molecular weight is 398 g/mol. The maximum absolute atomic E-state index is 5.93. The first-order valence-electron chi connectivity index (χ1n) is 7.44. The highest BCUT2D eigenvalue weighted by Crippen LogP contribution is 2.17. The van der Waals surface area contributed by atoms with E-state index in [-0.39, 0.29) is 24.0 Å². The second kappa shape index (κ2) is 7.68. The molecule has 1 aliphatic carbocycles. The lowest BCUT2D eigenvalue weighted by molar-refractivity contribution is 0.625. The SMILES string of the molecule is I.NC(=NCCc1ccc2[nH]ccc2c1)NC1CCCC1. The van der Waals surface area contributed by atoms with Gasteiger partial charge in [0.25, 0.3) is 0 Å². The Hall–Kier alpha value is -1.24. The highest BCUT2D eigenvalue weighted by Gasteiger charge is 2.14. The van der Waals surface area contributed by atoms with Crippen LogP contribution < -0.4 is 11.1 Å². The molecule has 0 spiro atoms. The number of benzene rings is 1. The summed E-state index contributed by atoms with van der Waals surface area (Å²) in [4.78, 5) is 7.63. The minimum absolute atomic E-state index is 0. The third-order valence-electron chi connectivity index (χ3n) is 4.01. The Morgan fingerprint density at radius 2 is 2.10 bits per heavy atom. The van der Waals surface area contributed by atoms with Crippen LogP contribution in [0.25, 0.3) is 10.9 Å². The third-order valence-corrected chi connectivity index (χ3v) is 4.01. The topological polar surface area (TPSA) is 66.2 Å². The van der Waals surface area contributed by atoms with Crippen LogP contribution in [-0.2, 0) is 6.42 Å². The summed E-state index contributed by atoms with van der Waals surface area (Å²) < 4.78 is 0. The largest absolute Gasteiger partial charge is 0.370 e. The first-order valence-corrected chi connectivity index (χ1v) is 7.44. The van der Waals surface area contributed by atoms with Crippen LogP contribution in [0.5, 0.6) is 0 Å². The number of aromatic nitrogens is 1. The van der Waals surface area contributed by atoms with Crippen molar-refractivity contribution in [3.05, 3.63) is 36.0 Å². The van der Waals surface area contributed by atoms with Crippen LogP contribution in [0, 0.1) is 0 Å². The number of aliphatic imine (C=N–C) groups is 1. The monoisotopic (exact) mass is 398 g/mol. The smallest absolute Gasteiger partial charge is 0.188 e. The van der Waals surface area contributed by atoms with E-state index < -0.39 is 0 Å². The molecule has 1 aromatic carbocycles. The molecule has 0 amide bonds. The molecule has 0 aliphatic heterocycles. The van der Waals surface area contributed by atoms with Crippen molar-refractivity contribution in [2.75, 3.05) is 6.54 Å². The van der Waals surface area contributed by atoms with Crippen LogP contribution in [-0.4, -0.2) is 23.5 Å². The molecule has 1 heterocycles. The van der Waals surface area contributed by atoms with E-state index in [9.17, 15) is 0 Å². The fourth-order valence-electron chi connectivity index (χ4n) is 2.89. The number of nitrogens with one attached hydrogen (secondary N) is 2. The molecule has 2 aromatic rings. The molecule has 0 unspecified atom stereocenters. The van der Waals surface area contributed by atoms with Crippen molar-refractivity contribution < 1.29 is 0 Å². The number of guanidine groups is 1. The van der Waals surface area contributed by atoms with E-state index in [2.05, 4.69) is 39.6 Å². The number of H-pyrrole nitrogens is 1. The van der Waals surface area contributed by atoms with E-state index in [1.165, 1.54) is 42.1 Å². The minimum Gasteiger partial charge on any atom is -0.370 e. The lowest BCUT2D eigenvalue weighted by Gasteiger charge is -2.12. The number of rotatable bonds is 4. The molecule has 0 saturated heterocycles. The van der Waals surface area contributed by atoms with Gasteiger partial charge in [-0.15, -0.1) is 24.0 Å². The minimum atomic E-state index is 0. The molecule has 1 aromatic heterocycles. The van der Waals surface area contributed by atoms with Gasteiger partial charge in [-0.2, -0.15) is 0 Å². The van der Waals surface area contributed by atoms with E-state index in [4.69, 9.17) is 5.73 Å². The highest BCUT2D eigenvalue weighted by atomic mass is 127. The predicted octanol–water partition coefficient (Wildman–Crippen LogP) is 3.18. The van der Waals surface area contributed by atoms with E-state index in [1.807, 2.05) is 6.20 Å². The summed E-state index contributed by atoms with van der Waals surface area (Å²) in [5.74, 6) is 0.597. The summed E-state index contributed by atoms with van der Waals surface area (Å²) >= 11 is 0. The van der Waals surface area contributed by atoms with Gasteiger partial charge in [0.05, 0.1) is 0 Å². The van der Waals surface area contributed by atoms with Crippen LogP contribution in [0.1, 0.15) is 31.2 Å². The first-order chi connectivity index (χ1) is 9.81. The zero-order chi connectivity index (χ0) is 13.8. The molecule has 114 valence electrons. The fourth-order valence-corrected chi connectivity index (χ4v) is 2.89. The van der Waals surface area contributed by atoms with Gasteiger partial charge < -0.3 is 16.0 Å². The lowest BCUT2D eigenvalue weighted by atomic mass is 10.1. The summed E-state index contributed by atoms with van der Waals surface area (Å²) in [5, 5.41) is 4.57. The number of fused-ring (bicyclic) bond motifs is 1. The highest BCUT2D eigenvalue weighted by molar-refractivity contribution is 14.0. The summed E-state index contributed by atoms with van der Waals surface area (Å²) in [6.07, 6.45) is 7.95. The van der Waals surface area contributed by atoms with Crippen molar-refractivity contribution in [2.24, 2.45) is 10.7 Å².